The molecule has 0 aliphatic rings. The van der Waals surface area contributed by atoms with E-state index in [9.17, 15) is 0 Å². The Balaban J connectivity index is 5.73. The zero-order valence-corrected chi connectivity index (χ0v) is 8.50. The first-order valence-electron chi connectivity index (χ1n) is 7.00. The van der Waals surface area contributed by atoms with Crippen molar-refractivity contribution >= 4 is 17.5 Å². The van der Waals surface area contributed by atoms with E-state index in [2.05, 4.69) is 0 Å². The van der Waals surface area contributed by atoms with Crippen molar-refractivity contribution in [1.29, 1.82) is 2.47 Å². The largest absolute Gasteiger partial charge is 0.0722 e. The van der Waals surface area contributed by atoms with Crippen LogP contribution < -0.4 is 0 Å². The zero-order valence-electron chi connectivity index (χ0n) is 14.5. The summed E-state index contributed by atoms with van der Waals surface area (Å²) in [4.78, 5) is 0. The van der Waals surface area contributed by atoms with E-state index in [0.29, 0.717) is 0 Å². The third-order valence-corrected chi connectivity index (χ3v) is 1.88. The predicted molar refractivity (Wildman–Crippen MR) is 52.0 cm³/mol. The summed E-state index contributed by atoms with van der Waals surface area (Å²) >= 11 is 0. The summed E-state index contributed by atoms with van der Waals surface area (Å²) < 4.78 is 62.3. The number of hydrogen-bond acceptors (Lipinski definition) is 0. The maximum absolute atomic E-state index is 7.79. The van der Waals surface area contributed by atoms with Gasteiger partial charge in [-0.05, 0) is 0 Å². The maximum Gasteiger partial charge on any atom is 0.0305 e. The Morgan fingerprint density at radius 2 is 1.44 bits per heavy atom. The van der Waals surface area contributed by atoms with Crippen LogP contribution in [0.15, 0.2) is 0 Å². The molecule has 0 fully saturated rings. The minimum Gasteiger partial charge on any atom is -0.0722 e. The third-order valence-electron chi connectivity index (χ3n) is 0.625. The standard InChI is InChI=1S/C7H20Si2/c1-8(2)6-5-7-9(3)4/h8-9H,5-7H2,1-4H3/i5D2,6D2,7D2,8D,9D. The SMILES string of the molecule is [2H]C([2H])(C([2H])([2H])[Si]([2H])(C)C)C([2H])([2H])[Si]([2H])(C)C. The lowest BCUT2D eigenvalue weighted by Crippen LogP contribution is -2.03. The van der Waals surface area contributed by atoms with E-state index >= 15 is 0 Å². The van der Waals surface area contributed by atoms with Gasteiger partial charge in [0, 0.05) is 28.2 Å². The van der Waals surface area contributed by atoms with E-state index < -0.39 is 35.8 Å². The first-order valence-corrected chi connectivity index (χ1v) is 8.00. The Morgan fingerprint density at radius 3 is 1.67 bits per heavy atom. The van der Waals surface area contributed by atoms with Gasteiger partial charge in [0.2, 0.25) is 0 Å². The molecule has 0 aromatic rings. The molecule has 0 aliphatic heterocycles. The molecule has 0 aliphatic carbocycles. The average molecular weight is 168 g/mol. The van der Waals surface area contributed by atoms with Crippen LogP contribution in [0, 0.1) is 0 Å². The first kappa shape index (κ1) is 2.48. The molecule has 9 heavy (non-hydrogen) atoms. The Morgan fingerprint density at radius 1 is 1.11 bits per heavy atom. The maximum atomic E-state index is 7.79. The van der Waals surface area contributed by atoms with E-state index in [-0.39, 0.29) is 0 Å². The molecule has 0 nitrogen and oxygen atoms in total. The Labute approximate surface area is 73.8 Å². The normalized spacial score (nSPS) is 31.6. The lowest BCUT2D eigenvalue weighted by atomic mass is 10.6. The molecule has 0 saturated heterocycles. The molecule has 56 valence electrons. The van der Waals surface area contributed by atoms with Gasteiger partial charge in [-0.2, -0.15) is 0 Å². The Hall–Kier alpha value is 0.434. The van der Waals surface area contributed by atoms with Gasteiger partial charge in [0.25, 0.3) is 0 Å². The molecule has 0 amide bonds. The summed E-state index contributed by atoms with van der Waals surface area (Å²) in [6.45, 7) is 5.39. The van der Waals surface area contributed by atoms with Crippen molar-refractivity contribution in [2.45, 2.75) is 44.6 Å². The number of rotatable bonds is 4. The fraction of sp³-hybridized carbons (Fsp3) is 1.00. The zero-order chi connectivity index (χ0) is 14.5. The van der Waals surface area contributed by atoms with Crippen LogP contribution in [-0.4, -0.2) is 19.9 Å². The molecule has 0 radical (unpaired) electrons. The smallest absolute Gasteiger partial charge is 0.0305 e. The first-order chi connectivity index (χ1) is 7.00. The fourth-order valence-electron chi connectivity index (χ4n) is 0.281. The molecular weight excluding hydrogens is 140 g/mol. The molecule has 0 aromatic heterocycles. The predicted octanol–water partition coefficient (Wildman–Crippen LogP) is 2.35. The molecule has 0 rings (SSSR count). The van der Waals surface area contributed by atoms with E-state index in [4.69, 9.17) is 10.7 Å². The highest BCUT2D eigenvalue weighted by atomic mass is 28.3. The van der Waals surface area contributed by atoms with Gasteiger partial charge >= 0.3 is 0 Å². The van der Waals surface area contributed by atoms with Gasteiger partial charge in [-0.25, -0.2) is 0 Å². The molecule has 0 saturated carbocycles. The second-order valence-corrected chi connectivity index (χ2v) is 6.88. The van der Waals surface area contributed by atoms with Gasteiger partial charge in [0.1, 0.15) is 0 Å². The Bertz CT molecular complexity index is 259. The van der Waals surface area contributed by atoms with Gasteiger partial charge in [-0.1, -0.05) is 44.6 Å². The van der Waals surface area contributed by atoms with Crippen molar-refractivity contribution in [2.24, 2.45) is 0 Å². The molecule has 0 heterocycles. The van der Waals surface area contributed by atoms with Crippen LogP contribution >= 0.6 is 0 Å². The highest BCUT2D eigenvalue weighted by molar-refractivity contribution is 6.57. The summed E-state index contributed by atoms with van der Waals surface area (Å²) in [5, 5.41) is 0. The van der Waals surface area contributed by atoms with Crippen molar-refractivity contribution in [3.8, 4) is 0 Å². The van der Waals surface area contributed by atoms with Crippen LogP contribution in [0.3, 0.4) is 0 Å². The average Bonchev–Trinajstić information content (AvgIpc) is 1.98. The van der Waals surface area contributed by atoms with Crippen LogP contribution in [0.2, 0.25) is 38.2 Å². The second kappa shape index (κ2) is 5.24. The lowest BCUT2D eigenvalue weighted by molar-refractivity contribution is 1.04. The van der Waals surface area contributed by atoms with Gasteiger partial charge in [-0.3, -0.25) is 0 Å². The van der Waals surface area contributed by atoms with Crippen molar-refractivity contribution in [1.82, 2.24) is 0 Å². The van der Waals surface area contributed by atoms with Crippen LogP contribution in [0.4, 0.5) is 0 Å². The molecule has 0 aromatic carbocycles. The van der Waals surface area contributed by atoms with Gasteiger partial charge < -0.3 is 0 Å². The monoisotopic (exact) mass is 168 g/mol. The summed E-state index contributed by atoms with van der Waals surface area (Å²) in [5.41, 5.74) is 0. The molecule has 0 atom stereocenters. The molecular formula is C7H20Si2. The van der Waals surface area contributed by atoms with Crippen molar-refractivity contribution < 1.29 is 8.22 Å². The van der Waals surface area contributed by atoms with Crippen LogP contribution in [0.1, 0.15) is 14.6 Å². The topological polar surface area (TPSA) is 0 Å². The van der Waals surface area contributed by atoms with Gasteiger partial charge in [0.15, 0.2) is 0 Å². The highest BCUT2D eigenvalue weighted by Crippen LogP contribution is 2.04. The molecule has 0 N–H and O–H groups in total. The van der Waals surface area contributed by atoms with Gasteiger partial charge in [-0.15, -0.1) is 0 Å². The van der Waals surface area contributed by atoms with Crippen molar-refractivity contribution in [2.75, 3.05) is 0 Å². The molecule has 2 heteroatoms. The van der Waals surface area contributed by atoms with E-state index in [1.165, 1.54) is 26.2 Å². The minimum atomic E-state index is -3.30. The van der Waals surface area contributed by atoms with E-state index in [1.54, 1.807) is 0 Å². The second-order valence-electron chi connectivity index (χ2n) is 2.38. The summed E-state index contributed by atoms with van der Waals surface area (Å²) in [5.74, 6) is -5.09. The van der Waals surface area contributed by atoms with Crippen LogP contribution in [-0.2, 0) is 0 Å². The summed E-state index contributed by atoms with van der Waals surface area (Å²) in [6, 6.07) is 0. The fourth-order valence-corrected chi connectivity index (χ4v) is 1.03. The molecule has 0 bridgehead atoms. The molecule has 0 spiro atoms. The third kappa shape index (κ3) is 8.43. The van der Waals surface area contributed by atoms with E-state index in [0.717, 1.165) is 0 Å². The highest BCUT2D eigenvalue weighted by Gasteiger charge is 1.97. The number of hydrogen-bond donors (Lipinski definition) is 0. The van der Waals surface area contributed by atoms with Crippen LogP contribution in [0.25, 0.3) is 0 Å². The van der Waals surface area contributed by atoms with Gasteiger partial charge in [0.05, 0.1) is 0 Å². The minimum absolute atomic E-state index is 1.35. The summed E-state index contributed by atoms with van der Waals surface area (Å²) in [7, 11) is -6.60. The quantitative estimate of drug-likeness (QED) is 0.565. The van der Waals surface area contributed by atoms with Crippen molar-refractivity contribution in [3.05, 3.63) is 0 Å². The summed E-state index contributed by atoms with van der Waals surface area (Å²) in [6.07, 6.45) is -2.82. The van der Waals surface area contributed by atoms with E-state index in [1.807, 2.05) is 0 Å². The molecule has 0 unspecified atom stereocenters. The van der Waals surface area contributed by atoms with Crippen LogP contribution in [0.5, 0.6) is 0 Å². The lowest BCUT2D eigenvalue weighted by Gasteiger charge is -2.03. The van der Waals surface area contributed by atoms with Crippen molar-refractivity contribution in [3.63, 3.8) is 0 Å². The Kier molecular flexibility index (Phi) is 1.45.